The SMILES string of the molecule is CC(=O)NC1CCN(C(=O)C(C(=O)O)C(C)(C)C)C1. The fourth-order valence-corrected chi connectivity index (χ4v) is 2.39. The largest absolute Gasteiger partial charge is 0.481 e. The van der Waals surface area contributed by atoms with Gasteiger partial charge in [0.05, 0.1) is 0 Å². The maximum absolute atomic E-state index is 12.3. The second-order valence-electron chi connectivity index (χ2n) is 6.11. The van der Waals surface area contributed by atoms with Crippen LogP contribution in [0.4, 0.5) is 0 Å². The van der Waals surface area contributed by atoms with Crippen molar-refractivity contribution >= 4 is 17.8 Å². The van der Waals surface area contributed by atoms with Crippen LogP contribution in [0.1, 0.15) is 34.1 Å². The maximum Gasteiger partial charge on any atom is 0.316 e. The van der Waals surface area contributed by atoms with Gasteiger partial charge in [-0.1, -0.05) is 20.8 Å². The maximum atomic E-state index is 12.3. The molecule has 0 spiro atoms. The summed E-state index contributed by atoms with van der Waals surface area (Å²) in [7, 11) is 0. The molecule has 1 heterocycles. The normalized spacial score (nSPS) is 21.1. The van der Waals surface area contributed by atoms with Gasteiger partial charge < -0.3 is 15.3 Å². The molecule has 2 N–H and O–H groups in total. The zero-order valence-corrected chi connectivity index (χ0v) is 11.9. The quantitative estimate of drug-likeness (QED) is 0.730. The standard InChI is InChI=1S/C13H22N2O4/c1-8(16)14-9-5-6-15(7-9)11(17)10(12(18)19)13(2,3)4/h9-10H,5-7H2,1-4H3,(H,14,16)(H,18,19). The third-order valence-corrected chi connectivity index (χ3v) is 3.27. The Kier molecular flexibility index (Phi) is 4.55. The molecule has 0 radical (unpaired) electrons. The number of carboxylic acids is 1. The molecular formula is C13H22N2O4. The van der Waals surface area contributed by atoms with Crippen LogP contribution in [0, 0.1) is 11.3 Å². The van der Waals surface area contributed by atoms with Gasteiger partial charge in [-0.15, -0.1) is 0 Å². The molecule has 6 heteroatoms. The number of rotatable bonds is 3. The summed E-state index contributed by atoms with van der Waals surface area (Å²) in [6.45, 7) is 7.53. The average molecular weight is 270 g/mol. The number of carbonyl (C=O) groups excluding carboxylic acids is 2. The molecule has 0 aromatic heterocycles. The predicted molar refractivity (Wildman–Crippen MR) is 69.4 cm³/mol. The van der Waals surface area contributed by atoms with Crippen molar-refractivity contribution in [3.05, 3.63) is 0 Å². The minimum Gasteiger partial charge on any atom is -0.481 e. The van der Waals surface area contributed by atoms with Gasteiger partial charge in [-0.25, -0.2) is 0 Å². The fraction of sp³-hybridized carbons (Fsp3) is 0.769. The number of carbonyl (C=O) groups is 3. The van der Waals surface area contributed by atoms with Gasteiger partial charge in [-0.05, 0) is 11.8 Å². The van der Waals surface area contributed by atoms with Gasteiger partial charge in [-0.2, -0.15) is 0 Å². The molecule has 0 bridgehead atoms. The van der Waals surface area contributed by atoms with E-state index in [2.05, 4.69) is 5.32 Å². The lowest BCUT2D eigenvalue weighted by atomic mass is 9.80. The van der Waals surface area contributed by atoms with Crippen LogP contribution in [0.25, 0.3) is 0 Å². The molecule has 1 saturated heterocycles. The first-order valence-corrected chi connectivity index (χ1v) is 6.41. The van der Waals surface area contributed by atoms with E-state index in [-0.39, 0.29) is 17.9 Å². The first-order chi connectivity index (χ1) is 8.62. The smallest absolute Gasteiger partial charge is 0.316 e. The van der Waals surface area contributed by atoms with Crippen molar-refractivity contribution in [1.29, 1.82) is 0 Å². The van der Waals surface area contributed by atoms with E-state index in [1.165, 1.54) is 11.8 Å². The number of amides is 2. The minimum atomic E-state index is -1.10. The van der Waals surface area contributed by atoms with Crippen LogP contribution in [-0.4, -0.2) is 46.9 Å². The van der Waals surface area contributed by atoms with Crippen molar-refractivity contribution in [2.75, 3.05) is 13.1 Å². The first-order valence-electron chi connectivity index (χ1n) is 6.41. The molecule has 0 aromatic rings. The lowest BCUT2D eigenvalue weighted by Gasteiger charge is -2.29. The fourth-order valence-electron chi connectivity index (χ4n) is 2.39. The van der Waals surface area contributed by atoms with Crippen molar-refractivity contribution in [3.8, 4) is 0 Å². The molecule has 6 nitrogen and oxygen atoms in total. The van der Waals surface area contributed by atoms with Crippen LogP contribution < -0.4 is 5.32 Å². The highest BCUT2D eigenvalue weighted by Crippen LogP contribution is 2.29. The third-order valence-electron chi connectivity index (χ3n) is 3.27. The number of hydrogen-bond acceptors (Lipinski definition) is 3. The Morgan fingerprint density at radius 2 is 1.89 bits per heavy atom. The molecule has 0 aliphatic carbocycles. The van der Waals surface area contributed by atoms with Crippen LogP contribution >= 0.6 is 0 Å². The highest BCUT2D eigenvalue weighted by molar-refractivity contribution is 5.98. The number of carboxylic acid groups (broad SMARTS) is 1. The average Bonchev–Trinajstić information content (AvgIpc) is 2.61. The van der Waals surface area contributed by atoms with Crippen molar-refractivity contribution in [1.82, 2.24) is 10.2 Å². The van der Waals surface area contributed by atoms with E-state index in [9.17, 15) is 19.5 Å². The van der Waals surface area contributed by atoms with Crippen molar-refractivity contribution in [2.45, 2.75) is 40.2 Å². The van der Waals surface area contributed by atoms with Gasteiger partial charge in [-0.3, -0.25) is 14.4 Å². The Bertz CT molecular complexity index is 387. The Labute approximate surface area is 113 Å². The van der Waals surface area contributed by atoms with Crippen molar-refractivity contribution in [3.63, 3.8) is 0 Å². The summed E-state index contributed by atoms with van der Waals surface area (Å²) in [5.74, 6) is -2.65. The van der Waals surface area contributed by atoms with Crippen LogP contribution in [0.5, 0.6) is 0 Å². The van der Waals surface area contributed by atoms with E-state index in [4.69, 9.17) is 0 Å². The van der Waals surface area contributed by atoms with Gasteiger partial charge >= 0.3 is 5.97 Å². The molecule has 1 aliphatic heterocycles. The molecule has 19 heavy (non-hydrogen) atoms. The van der Waals surface area contributed by atoms with Crippen LogP contribution in [0.2, 0.25) is 0 Å². The first kappa shape index (κ1) is 15.5. The molecule has 2 unspecified atom stereocenters. The molecule has 1 aliphatic rings. The molecule has 0 saturated carbocycles. The van der Waals surface area contributed by atoms with Crippen LogP contribution in [0.3, 0.4) is 0 Å². The number of likely N-dealkylation sites (tertiary alicyclic amines) is 1. The minimum absolute atomic E-state index is 0.0733. The molecule has 2 amide bonds. The lowest BCUT2D eigenvalue weighted by Crippen LogP contribution is -2.45. The summed E-state index contributed by atoms with van der Waals surface area (Å²) in [6, 6.07) is -0.0733. The van der Waals surface area contributed by atoms with Gasteiger partial charge in [0.15, 0.2) is 0 Å². The lowest BCUT2D eigenvalue weighted by molar-refractivity contribution is -0.155. The van der Waals surface area contributed by atoms with E-state index in [1.54, 1.807) is 20.8 Å². The molecule has 2 atom stereocenters. The van der Waals surface area contributed by atoms with Gasteiger partial charge in [0.25, 0.3) is 0 Å². The third kappa shape index (κ3) is 3.94. The molecule has 1 rings (SSSR count). The Morgan fingerprint density at radius 1 is 1.32 bits per heavy atom. The summed E-state index contributed by atoms with van der Waals surface area (Å²) in [5.41, 5.74) is -0.630. The molecule has 108 valence electrons. The summed E-state index contributed by atoms with van der Waals surface area (Å²) in [6.07, 6.45) is 0.668. The van der Waals surface area contributed by atoms with Crippen LogP contribution in [0.15, 0.2) is 0 Å². The summed E-state index contributed by atoms with van der Waals surface area (Å²) in [4.78, 5) is 36.1. The second-order valence-corrected chi connectivity index (χ2v) is 6.11. The second kappa shape index (κ2) is 5.59. The Morgan fingerprint density at radius 3 is 2.32 bits per heavy atom. The molecule has 0 aromatic carbocycles. The topological polar surface area (TPSA) is 86.7 Å². The Balaban J connectivity index is 2.73. The number of nitrogens with zero attached hydrogens (tertiary/aromatic N) is 1. The number of aliphatic carboxylic acids is 1. The zero-order valence-electron chi connectivity index (χ0n) is 11.9. The van der Waals surface area contributed by atoms with E-state index in [0.29, 0.717) is 19.5 Å². The van der Waals surface area contributed by atoms with Crippen LogP contribution in [-0.2, 0) is 14.4 Å². The molecular weight excluding hydrogens is 248 g/mol. The van der Waals surface area contributed by atoms with Crippen molar-refractivity contribution in [2.24, 2.45) is 11.3 Å². The summed E-state index contributed by atoms with van der Waals surface area (Å²) < 4.78 is 0. The highest BCUT2D eigenvalue weighted by Gasteiger charge is 2.41. The molecule has 1 fully saturated rings. The van der Waals surface area contributed by atoms with E-state index in [1.807, 2.05) is 0 Å². The van der Waals surface area contributed by atoms with E-state index < -0.39 is 17.3 Å². The summed E-state index contributed by atoms with van der Waals surface area (Å²) in [5, 5.41) is 12.0. The van der Waals surface area contributed by atoms with Gasteiger partial charge in [0.2, 0.25) is 11.8 Å². The summed E-state index contributed by atoms with van der Waals surface area (Å²) >= 11 is 0. The Hall–Kier alpha value is -1.59. The van der Waals surface area contributed by atoms with Gasteiger partial charge in [0.1, 0.15) is 5.92 Å². The van der Waals surface area contributed by atoms with Crippen molar-refractivity contribution < 1.29 is 19.5 Å². The van der Waals surface area contributed by atoms with Gasteiger partial charge in [0, 0.05) is 26.1 Å². The predicted octanol–water partition coefficient (Wildman–Crippen LogP) is 0.470. The highest BCUT2D eigenvalue weighted by atomic mass is 16.4. The zero-order chi connectivity index (χ0) is 14.8. The number of nitrogens with one attached hydrogen (secondary N) is 1. The van der Waals surface area contributed by atoms with E-state index >= 15 is 0 Å². The monoisotopic (exact) mass is 270 g/mol. The van der Waals surface area contributed by atoms with E-state index in [0.717, 1.165) is 0 Å². The number of hydrogen-bond donors (Lipinski definition) is 2.